The van der Waals surface area contributed by atoms with Gasteiger partial charge in [0.2, 0.25) is 11.8 Å². The minimum absolute atomic E-state index is 0.0468. The molecule has 0 aliphatic rings. The van der Waals surface area contributed by atoms with Crippen LogP contribution < -0.4 is 16.3 Å². The van der Waals surface area contributed by atoms with Crippen LogP contribution in [-0.4, -0.2) is 29.4 Å². The number of aryl methyl sites for hydroxylation is 3. The molecule has 4 rings (SSSR count). The van der Waals surface area contributed by atoms with Crippen LogP contribution in [0, 0.1) is 20.8 Å². The molecule has 1 unspecified atom stereocenters. The van der Waals surface area contributed by atoms with Gasteiger partial charge < -0.3 is 24.6 Å². The quantitative estimate of drug-likeness (QED) is 0.294. The van der Waals surface area contributed by atoms with Crippen LogP contribution in [0.2, 0.25) is 0 Å². The van der Waals surface area contributed by atoms with Crippen molar-refractivity contribution in [1.29, 1.82) is 0 Å². The number of amides is 2. The van der Waals surface area contributed by atoms with Gasteiger partial charge in [0, 0.05) is 34.9 Å². The summed E-state index contributed by atoms with van der Waals surface area (Å²) in [4.78, 5) is 49.2. The van der Waals surface area contributed by atoms with Crippen LogP contribution in [-0.2, 0) is 20.8 Å². The molecule has 0 aliphatic carbocycles. The number of rotatable bonds is 9. The van der Waals surface area contributed by atoms with E-state index in [1.54, 1.807) is 36.6 Å². The first kappa shape index (κ1) is 25.7. The zero-order chi connectivity index (χ0) is 26.7. The fraction of sp³-hybridized carbons (Fsp3) is 0.286. The molecule has 0 saturated carbocycles. The minimum atomic E-state index is -1.04. The number of carbonyl (C=O) groups is 3. The van der Waals surface area contributed by atoms with Gasteiger partial charge in [-0.3, -0.25) is 14.4 Å². The van der Waals surface area contributed by atoms with Crippen molar-refractivity contribution in [2.75, 3.05) is 6.54 Å². The lowest BCUT2D eigenvalue weighted by molar-refractivity contribution is -0.137. The van der Waals surface area contributed by atoms with Crippen molar-refractivity contribution in [2.24, 2.45) is 0 Å². The monoisotopic (exact) mass is 504 g/mol. The molecule has 0 spiro atoms. The van der Waals surface area contributed by atoms with Crippen LogP contribution in [0.15, 0.2) is 56.3 Å². The maximum atomic E-state index is 12.9. The zero-order valence-electron chi connectivity index (χ0n) is 20.8. The Morgan fingerprint density at radius 3 is 2.41 bits per heavy atom. The third-order valence-corrected chi connectivity index (χ3v) is 6.48. The average molecular weight is 505 g/mol. The molecule has 0 radical (unpaired) electrons. The Bertz CT molecular complexity index is 1550. The van der Waals surface area contributed by atoms with Crippen molar-refractivity contribution in [2.45, 2.75) is 46.1 Å². The Morgan fingerprint density at radius 2 is 1.70 bits per heavy atom. The molecule has 0 fully saturated rings. The molecule has 37 heavy (non-hydrogen) atoms. The van der Waals surface area contributed by atoms with E-state index in [-0.39, 0.29) is 25.8 Å². The van der Waals surface area contributed by atoms with Gasteiger partial charge in [0.25, 0.3) is 0 Å². The summed E-state index contributed by atoms with van der Waals surface area (Å²) in [6.07, 6.45) is 1.51. The van der Waals surface area contributed by atoms with Gasteiger partial charge in [0.05, 0.1) is 12.7 Å². The predicted molar refractivity (Wildman–Crippen MR) is 137 cm³/mol. The topological polar surface area (TPSA) is 139 Å². The van der Waals surface area contributed by atoms with E-state index in [1.807, 2.05) is 26.8 Å². The highest BCUT2D eigenvalue weighted by atomic mass is 16.4. The van der Waals surface area contributed by atoms with Gasteiger partial charge in [0.15, 0.2) is 0 Å². The predicted octanol–water partition coefficient (Wildman–Crippen LogP) is 3.85. The molecule has 2 amide bonds. The third-order valence-electron chi connectivity index (χ3n) is 6.48. The minimum Gasteiger partial charge on any atom is -0.481 e. The molecule has 0 bridgehead atoms. The first-order valence-corrected chi connectivity index (χ1v) is 11.9. The lowest BCUT2D eigenvalue weighted by atomic mass is 9.98. The van der Waals surface area contributed by atoms with Crippen molar-refractivity contribution in [1.82, 2.24) is 10.6 Å². The molecule has 9 heteroatoms. The molecule has 9 nitrogen and oxygen atoms in total. The SMILES string of the molecule is Cc1coc2c(C)c3oc(=O)c(CCC(=O)NC(C(=O)NCCC(=O)O)c4ccccc4)c(C)c3cc12. The van der Waals surface area contributed by atoms with Crippen LogP contribution in [0.5, 0.6) is 0 Å². The number of furan rings is 1. The van der Waals surface area contributed by atoms with Crippen LogP contribution in [0.1, 0.15) is 46.7 Å². The summed E-state index contributed by atoms with van der Waals surface area (Å²) in [6.45, 7) is 5.55. The average Bonchev–Trinajstić information content (AvgIpc) is 3.24. The second-order valence-corrected chi connectivity index (χ2v) is 9.01. The smallest absolute Gasteiger partial charge is 0.339 e. The number of hydrogen-bond acceptors (Lipinski definition) is 6. The maximum Gasteiger partial charge on any atom is 0.339 e. The van der Waals surface area contributed by atoms with Gasteiger partial charge in [-0.25, -0.2) is 4.79 Å². The lowest BCUT2D eigenvalue weighted by Gasteiger charge is -2.19. The van der Waals surface area contributed by atoms with E-state index >= 15 is 0 Å². The number of aliphatic carboxylic acids is 1. The summed E-state index contributed by atoms with van der Waals surface area (Å²) < 4.78 is 11.3. The number of hydrogen-bond donors (Lipinski definition) is 3. The second-order valence-electron chi connectivity index (χ2n) is 9.01. The Morgan fingerprint density at radius 1 is 0.973 bits per heavy atom. The fourth-order valence-corrected chi connectivity index (χ4v) is 4.42. The molecule has 2 heterocycles. The van der Waals surface area contributed by atoms with E-state index in [2.05, 4.69) is 10.6 Å². The van der Waals surface area contributed by atoms with Crippen molar-refractivity contribution < 1.29 is 28.3 Å². The molecule has 0 aliphatic heterocycles. The van der Waals surface area contributed by atoms with Gasteiger partial charge in [-0.05, 0) is 49.9 Å². The van der Waals surface area contributed by atoms with Gasteiger partial charge >= 0.3 is 11.6 Å². The van der Waals surface area contributed by atoms with Crippen LogP contribution in [0.4, 0.5) is 0 Å². The van der Waals surface area contributed by atoms with E-state index in [9.17, 15) is 19.2 Å². The fourth-order valence-electron chi connectivity index (χ4n) is 4.42. The van der Waals surface area contributed by atoms with E-state index in [0.717, 1.165) is 27.5 Å². The molecule has 2 aromatic heterocycles. The molecule has 3 N–H and O–H groups in total. The largest absolute Gasteiger partial charge is 0.481 e. The van der Waals surface area contributed by atoms with E-state index in [0.29, 0.717) is 22.3 Å². The van der Waals surface area contributed by atoms with Gasteiger partial charge in [-0.2, -0.15) is 0 Å². The number of nitrogens with one attached hydrogen (secondary N) is 2. The summed E-state index contributed by atoms with van der Waals surface area (Å²) >= 11 is 0. The third kappa shape index (κ3) is 5.40. The maximum absolute atomic E-state index is 12.9. The molecule has 192 valence electrons. The number of fused-ring (bicyclic) bond motifs is 2. The van der Waals surface area contributed by atoms with Crippen molar-refractivity contribution in [3.8, 4) is 0 Å². The van der Waals surface area contributed by atoms with E-state index in [4.69, 9.17) is 13.9 Å². The molecular weight excluding hydrogens is 476 g/mol. The highest BCUT2D eigenvalue weighted by Gasteiger charge is 2.23. The Hall–Kier alpha value is -4.40. The number of carboxylic acids is 1. The summed E-state index contributed by atoms with van der Waals surface area (Å²) in [6, 6.07) is 9.59. The zero-order valence-corrected chi connectivity index (χ0v) is 20.8. The van der Waals surface area contributed by atoms with Crippen LogP contribution in [0.25, 0.3) is 21.9 Å². The summed E-state index contributed by atoms with van der Waals surface area (Å²) in [5.74, 6) is -1.99. The van der Waals surface area contributed by atoms with Crippen LogP contribution in [0.3, 0.4) is 0 Å². The number of benzene rings is 2. The highest BCUT2D eigenvalue weighted by Crippen LogP contribution is 2.32. The van der Waals surface area contributed by atoms with Crippen molar-refractivity contribution >= 4 is 39.7 Å². The van der Waals surface area contributed by atoms with E-state index < -0.39 is 29.5 Å². The Kier molecular flexibility index (Phi) is 7.42. The second kappa shape index (κ2) is 10.7. The number of carbonyl (C=O) groups excluding carboxylic acids is 2. The van der Waals surface area contributed by atoms with Crippen LogP contribution >= 0.6 is 0 Å². The molecular formula is C28H28N2O7. The van der Waals surface area contributed by atoms with Gasteiger partial charge in [-0.15, -0.1) is 0 Å². The first-order chi connectivity index (χ1) is 17.7. The summed E-state index contributed by atoms with van der Waals surface area (Å²) in [5.41, 5.74) is 4.01. The molecule has 2 aromatic carbocycles. The standard InChI is InChI=1S/C28H28N2O7/c1-15-14-36-25-17(3)26-21(13-20(15)25)16(2)19(28(35)37-26)9-10-22(31)30-24(18-7-5-4-6-8-18)27(34)29-12-11-23(32)33/h4-8,13-14,24H,9-12H2,1-3H3,(H,29,34)(H,30,31)(H,32,33). The highest BCUT2D eigenvalue weighted by molar-refractivity contribution is 5.99. The normalized spacial score (nSPS) is 12.0. The van der Waals surface area contributed by atoms with Crippen molar-refractivity contribution in [3.63, 3.8) is 0 Å². The van der Waals surface area contributed by atoms with Crippen molar-refractivity contribution in [3.05, 3.63) is 80.9 Å². The molecule has 1 atom stereocenters. The van der Waals surface area contributed by atoms with Gasteiger partial charge in [-0.1, -0.05) is 30.3 Å². The molecule has 0 saturated heterocycles. The summed E-state index contributed by atoms with van der Waals surface area (Å²) in [7, 11) is 0. The molecule has 4 aromatic rings. The Balaban J connectivity index is 1.54. The van der Waals surface area contributed by atoms with E-state index in [1.165, 1.54) is 0 Å². The lowest BCUT2D eigenvalue weighted by Crippen LogP contribution is -2.41. The Labute approximate surface area is 212 Å². The summed E-state index contributed by atoms with van der Waals surface area (Å²) in [5, 5.41) is 15.8. The van der Waals surface area contributed by atoms with Gasteiger partial charge in [0.1, 0.15) is 17.2 Å². The first-order valence-electron chi connectivity index (χ1n) is 11.9. The number of carboxylic acid groups (broad SMARTS) is 1.